The number of ether oxygens (including phenoxy) is 3. The van der Waals surface area contributed by atoms with Crippen molar-refractivity contribution >= 4 is 15.9 Å². The Morgan fingerprint density at radius 3 is 2.36 bits per heavy atom. The van der Waals surface area contributed by atoms with Crippen molar-refractivity contribution in [3.05, 3.63) is 83.9 Å². The average Bonchev–Trinajstić information content (AvgIpc) is 2.91. The normalized spacial score (nSPS) is 18.2. The Kier molecular flexibility index (Phi) is 6.98. The van der Waals surface area contributed by atoms with Crippen molar-refractivity contribution in [2.45, 2.75) is 37.2 Å². The molecule has 2 aliphatic heterocycles. The molecular formula is C28H29NO6S. The quantitative estimate of drug-likeness (QED) is 0.481. The highest BCUT2D eigenvalue weighted by Crippen LogP contribution is 2.35. The Balaban J connectivity index is 1.15. The van der Waals surface area contributed by atoms with Crippen LogP contribution in [0.15, 0.2) is 77.7 Å². The standard InChI is InChI=1S/C28H29NO6S/c1-36(31,32)25-10-7-21(8-11-25)23-9-12-26-24(17-23)19-33-27(35-26)22-13-15-29(16-14-22)28(30)34-18-20-5-3-2-4-6-20/h2-12,17,22,27H,13-16,18-19H2,1H3. The van der Waals surface area contributed by atoms with Gasteiger partial charge in [-0.05, 0) is 53.8 Å². The first-order chi connectivity index (χ1) is 17.4. The summed E-state index contributed by atoms with van der Waals surface area (Å²) < 4.78 is 41.1. The van der Waals surface area contributed by atoms with Crippen LogP contribution in [0.4, 0.5) is 4.79 Å². The molecule has 0 saturated carbocycles. The molecule has 0 aromatic heterocycles. The Labute approximate surface area is 211 Å². The maximum absolute atomic E-state index is 12.4. The van der Waals surface area contributed by atoms with E-state index < -0.39 is 9.84 Å². The van der Waals surface area contributed by atoms with Crippen LogP contribution in [0, 0.1) is 5.92 Å². The summed E-state index contributed by atoms with van der Waals surface area (Å²) in [6.45, 7) is 1.93. The molecule has 1 fully saturated rings. The number of likely N-dealkylation sites (tertiary alicyclic amines) is 1. The van der Waals surface area contributed by atoms with Crippen molar-refractivity contribution in [1.82, 2.24) is 4.90 Å². The van der Waals surface area contributed by atoms with Crippen LogP contribution in [0.5, 0.6) is 5.75 Å². The summed E-state index contributed by atoms with van der Waals surface area (Å²) in [5.74, 6) is 0.993. The molecule has 1 unspecified atom stereocenters. The Morgan fingerprint density at radius 2 is 1.67 bits per heavy atom. The molecule has 3 aromatic carbocycles. The molecule has 3 aromatic rings. The highest BCUT2D eigenvalue weighted by atomic mass is 32.2. The molecule has 188 valence electrons. The highest BCUT2D eigenvalue weighted by molar-refractivity contribution is 7.90. The number of piperidine rings is 1. The Morgan fingerprint density at radius 1 is 0.972 bits per heavy atom. The molecule has 7 nitrogen and oxygen atoms in total. The van der Waals surface area contributed by atoms with Crippen LogP contribution in [0.25, 0.3) is 11.1 Å². The summed E-state index contributed by atoms with van der Waals surface area (Å²) in [5.41, 5.74) is 3.83. The van der Waals surface area contributed by atoms with Gasteiger partial charge in [-0.15, -0.1) is 0 Å². The second-order valence-corrected chi connectivity index (χ2v) is 11.3. The molecule has 0 bridgehead atoms. The minimum absolute atomic E-state index is 0.194. The molecule has 36 heavy (non-hydrogen) atoms. The van der Waals surface area contributed by atoms with Gasteiger partial charge in [-0.2, -0.15) is 0 Å². The molecule has 0 spiro atoms. The number of hydrogen-bond donors (Lipinski definition) is 0. The molecule has 2 heterocycles. The third kappa shape index (κ3) is 5.55. The van der Waals surface area contributed by atoms with Gasteiger partial charge in [-0.3, -0.25) is 0 Å². The maximum Gasteiger partial charge on any atom is 0.410 e. The summed E-state index contributed by atoms with van der Waals surface area (Å²) in [6, 6.07) is 22.5. The number of rotatable bonds is 5. The van der Waals surface area contributed by atoms with Gasteiger partial charge >= 0.3 is 6.09 Å². The smallest absolute Gasteiger partial charge is 0.410 e. The molecule has 8 heteroatoms. The Hall–Kier alpha value is -3.36. The Bertz CT molecular complexity index is 1320. The van der Waals surface area contributed by atoms with Gasteiger partial charge in [-0.1, -0.05) is 48.5 Å². The summed E-state index contributed by atoms with van der Waals surface area (Å²) in [6.07, 6.45) is 2.13. The zero-order chi connectivity index (χ0) is 25.1. The third-order valence-corrected chi connectivity index (χ3v) is 7.84. The van der Waals surface area contributed by atoms with Crippen LogP contribution < -0.4 is 4.74 Å². The second-order valence-electron chi connectivity index (χ2n) is 9.28. The SMILES string of the molecule is CS(=O)(=O)c1ccc(-c2ccc3c(c2)COC(C2CCN(C(=O)OCc4ccccc4)CC2)O3)cc1. The topological polar surface area (TPSA) is 82.1 Å². The van der Waals surface area contributed by atoms with Crippen LogP contribution in [0.3, 0.4) is 0 Å². The van der Waals surface area contributed by atoms with Gasteiger partial charge in [0.05, 0.1) is 11.5 Å². The lowest BCUT2D eigenvalue weighted by Gasteiger charge is -2.37. The lowest BCUT2D eigenvalue weighted by Crippen LogP contribution is -2.44. The van der Waals surface area contributed by atoms with Gasteiger partial charge in [0.15, 0.2) is 9.84 Å². The van der Waals surface area contributed by atoms with Crippen LogP contribution >= 0.6 is 0 Å². The van der Waals surface area contributed by atoms with E-state index in [1.165, 1.54) is 6.26 Å². The lowest BCUT2D eigenvalue weighted by molar-refractivity contribution is -0.148. The van der Waals surface area contributed by atoms with E-state index in [-0.39, 0.29) is 24.9 Å². The van der Waals surface area contributed by atoms with Crippen molar-refractivity contribution < 1.29 is 27.4 Å². The number of sulfone groups is 1. The van der Waals surface area contributed by atoms with Crippen LogP contribution in [0.2, 0.25) is 0 Å². The molecule has 0 aliphatic carbocycles. The van der Waals surface area contributed by atoms with E-state index in [0.717, 1.165) is 40.8 Å². The van der Waals surface area contributed by atoms with E-state index in [4.69, 9.17) is 14.2 Å². The predicted molar refractivity (Wildman–Crippen MR) is 135 cm³/mol. The highest BCUT2D eigenvalue weighted by Gasteiger charge is 2.33. The first-order valence-corrected chi connectivity index (χ1v) is 13.9. The van der Waals surface area contributed by atoms with Crippen LogP contribution in [-0.2, 0) is 32.5 Å². The monoisotopic (exact) mass is 507 g/mol. The molecular weight excluding hydrogens is 478 g/mol. The summed E-state index contributed by atoms with van der Waals surface area (Å²) in [4.78, 5) is 14.5. The second kappa shape index (κ2) is 10.3. The van der Waals surface area contributed by atoms with Crippen molar-refractivity contribution in [2.75, 3.05) is 19.3 Å². The molecule has 0 N–H and O–H groups in total. The van der Waals surface area contributed by atoms with Gasteiger partial charge in [0.25, 0.3) is 0 Å². The fourth-order valence-corrected chi connectivity index (χ4v) is 5.24. The number of carbonyl (C=O) groups excluding carboxylic acids is 1. The van der Waals surface area contributed by atoms with Crippen molar-refractivity contribution in [3.63, 3.8) is 0 Å². The summed E-state index contributed by atoms with van der Waals surface area (Å²) in [5, 5.41) is 0. The molecule has 5 rings (SSSR count). The minimum atomic E-state index is -3.22. The van der Waals surface area contributed by atoms with Crippen molar-refractivity contribution in [1.29, 1.82) is 0 Å². The number of carbonyl (C=O) groups is 1. The van der Waals surface area contributed by atoms with E-state index in [1.54, 1.807) is 17.0 Å². The first-order valence-electron chi connectivity index (χ1n) is 12.0. The average molecular weight is 508 g/mol. The molecule has 2 aliphatic rings. The largest absolute Gasteiger partial charge is 0.464 e. The summed E-state index contributed by atoms with van der Waals surface area (Å²) in [7, 11) is -3.22. The fourth-order valence-electron chi connectivity index (χ4n) is 4.61. The van der Waals surface area contributed by atoms with E-state index in [0.29, 0.717) is 24.6 Å². The van der Waals surface area contributed by atoms with Crippen LogP contribution in [0.1, 0.15) is 24.0 Å². The first kappa shape index (κ1) is 24.3. The van der Waals surface area contributed by atoms with Gasteiger partial charge < -0.3 is 19.1 Å². The summed E-state index contributed by atoms with van der Waals surface area (Å²) >= 11 is 0. The molecule has 1 atom stereocenters. The third-order valence-electron chi connectivity index (χ3n) is 6.71. The molecule has 0 radical (unpaired) electrons. The van der Waals surface area contributed by atoms with Crippen LogP contribution in [-0.4, -0.2) is 45.0 Å². The number of benzene rings is 3. The number of nitrogens with zero attached hydrogens (tertiary/aromatic N) is 1. The zero-order valence-corrected chi connectivity index (χ0v) is 20.9. The van der Waals surface area contributed by atoms with Gasteiger partial charge in [0, 0.05) is 30.8 Å². The van der Waals surface area contributed by atoms with Gasteiger partial charge in [0.2, 0.25) is 6.29 Å². The maximum atomic E-state index is 12.4. The minimum Gasteiger partial charge on any atom is -0.464 e. The number of fused-ring (bicyclic) bond motifs is 1. The predicted octanol–water partition coefficient (Wildman–Crippen LogP) is 5.04. The van der Waals surface area contributed by atoms with E-state index in [2.05, 4.69) is 0 Å². The van der Waals surface area contributed by atoms with Crippen molar-refractivity contribution in [3.8, 4) is 16.9 Å². The van der Waals surface area contributed by atoms with E-state index in [9.17, 15) is 13.2 Å². The van der Waals surface area contributed by atoms with Gasteiger partial charge in [0.1, 0.15) is 12.4 Å². The van der Waals surface area contributed by atoms with E-state index in [1.807, 2.05) is 60.7 Å². The zero-order valence-electron chi connectivity index (χ0n) is 20.1. The lowest BCUT2D eigenvalue weighted by atomic mass is 9.95. The number of hydrogen-bond acceptors (Lipinski definition) is 6. The van der Waals surface area contributed by atoms with Crippen molar-refractivity contribution in [2.24, 2.45) is 5.92 Å². The molecule has 1 amide bonds. The van der Waals surface area contributed by atoms with Gasteiger partial charge in [-0.25, -0.2) is 13.2 Å². The van der Waals surface area contributed by atoms with E-state index >= 15 is 0 Å². The fraction of sp³-hybridized carbons (Fsp3) is 0.321. The molecule has 1 saturated heterocycles. The number of amides is 1.